The van der Waals surface area contributed by atoms with Gasteiger partial charge in [-0.3, -0.25) is 0 Å². The first-order valence-corrected chi connectivity index (χ1v) is 8.58. The third-order valence-electron chi connectivity index (χ3n) is 4.13. The van der Waals surface area contributed by atoms with Gasteiger partial charge in [-0.1, -0.05) is 41.5 Å². The maximum atomic E-state index is 10.5. The third-order valence-corrected chi connectivity index (χ3v) is 4.13. The summed E-state index contributed by atoms with van der Waals surface area (Å²) >= 11 is 0. The fourth-order valence-corrected chi connectivity index (χ4v) is 2.76. The van der Waals surface area contributed by atoms with Crippen LogP contribution in [0.2, 0.25) is 0 Å². The van der Waals surface area contributed by atoms with Gasteiger partial charge < -0.3 is 24.4 Å². The largest absolute Gasteiger partial charge is 0.394 e. The second-order valence-corrected chi connectivity index (χ2v) is 5.97. The minimum Gasteiger partial charge on any atom is -0.394 e. The Labute approximate surface area is 152 Å². The molecule has 0 saturated carbocycles. The molecule has 1 aromatic rings. The average Bonchev–Trinajstić information content (AvgIpc) is 2.67. The number of aliphatic hydroxyl groups is 2. The van der Waals surface area contributed by atoms with Crippen LogP contribution in [0.4, 0.5) is 0 Å². The van der Waals surface area contributed by atoms with Gasteiger partial charge in [0.15, 0.2) is 6.29 Å². The molecule has 8 heteroatoms. The van der Waals surface area contributed by atoms with Gasteiger partial charge in [-0.2, -0.15) is 0 Å². The number of azide groups is 1. The summed E-state index contributed by atoms with van der Waals surface area (Å²) in [5.41, 5.74) is 9.82. The second kappa shape index (κ2) is 10.9. The Balaban J connectivity index is 2.10. The molecule has 142 valence electrons. The lowest BCUT2D eigenvalue weighted by molar-refractivity contribution is -0.274. The quantitative estimate of drug-likeness (QED) is 0.217. The molecule has 2 rings (SSSR count). The van der Waals surface area contributed by atoms with E-state index in [1.165, 1.54) is 0 Å². The molecule has 1 aromatic carbocycles. The van der Waals surface area contributed by atoms with Crippen LogP contribution in [0.25, 0.3) is 10.4 Å². The highest BCUT2D eigenvalue weighted by atomic mass is 16.7. The van der Waals surface area contributed by atoms with Crippen LogP contribution in [0.3, 0.4) is 0 Å². The van der Waals surface area contributed by atoms with Gasteiger partial charge in [0, 0.05) is 4.91 Å². The Morgan fingerprint density at radius 2 is 2.08 bits per heavy atom. The number of nitrogens with zero attached hydrogens (tertiary/aromatic N) is 3. The lowest BCUT2D eigenvalue weighted by Crippen LogP contribution is -2.59. The van der Waals surface area contributed by atoms with Crippen molar-refractivity contribution < 1.29 is 24.4 Å². The number of allylic oxidation sites excluding steroid dienone is 1. The Morgan fingerprint density at radius 3 is 2.73 bits per heavy atom. The van der Waals surface area contributed by atoms with Crippen molar-refractivity contribution in [3.05, 3.63) is 59.0 Å². The smallest absolute Gasteiger partial charge is 0.169 e. The zero-order valence-electron chi connectivity index (χ0n) is 14.6. The van der Waals surface area contributed by atoms with E-state index >= 15 is 0 Å². The van der Waals surface area contributed by atoms with Gasteiger partial charge in [0.05, 0.1) is 25.9 Å². The summed E-state index contributed by atoms with van der Waals surface area (Å²) in [5, 5.41) is 23.7. The summed E-state index contributed by atoms with van der Waals surface area (Å²) in [6.45, 7) is 3.84. The van der Waals surface area contributed by atoms with E-state index in [2.05, 4.69) is 16.6 Å². The van der Waals surface area contributed by atoms with Crippen molar-refractivity contribution in [1.29, 1.82) is 0 Å². The Bertz CT molecular complexity index is 594. The first kappa shape index (κ1) is 20.4. The molecule has 0 amide bonds. The molecule has 26 heavy (non-hydrogen) atoms. The van der Waals surface area contributed by atoms with Gasteiger partial charge in [-0.05, 0) is 23.9 Å². The van der Waals surface area contributed by atoms with Crippen molar-refractivity contribution in [2.75, 3.05) is 13.2 Å². The lowest BCUT2D eigenvalue weighted by Gasteiger charge is -2.42. The van der Waals surface area contributed by atoms with Gasteiger partial charge in [-0.15, -0.1) is 6.58 Å². The molecule has 1 aliphatic heterocycles. The topological polar surface area (TPSA) is 117 Å². The Kier molecular flexibility index (Phi) is 8.57. The van der Waals surface area contributed by atoms with Crippen LogP contribution in [0.15, 0.2) is 48.1 Å². The highest BCUT2D eigenvalue weighted by molar-refractivity contribution is 5.13. The van der Waals surface area contributed by atoms with E-state index in [1.54, 1.807) is 6.08 Å². The van der Waals surface area contributed by atoms with Crippen molar-refractivity contribution >= 4 is 0 Å². The van der Waals surface area contributed by atoms with Gasteiger partial charge in [0.25, 0.3) is 0 Å². The van der Waals surface area contributed by atoms with Crippen LogP contribution in [0, 0.1) is 0 Å². The van der Waals surface area contributed by atoms with Crippen LogP contribution < -0.4 is 0 Å². The van der Waals surface area contributed by atoms with Crippen LogP contribution in [-0.4, -0.2) is 54.1 Å². The molecule has 5 atom stereocenters. The van der Waals surface area contributed by atoms with Gasteiger partial charge >= 0.3 is 0 Å². The normalized spacial score (nSPS) is 28.3. The minimum absolute atomic E-state index is 0.224. The van der Waals surface area contributed by atoms with Crippen molar-refractivity contribution in [3.8, 4) is 0 Å². The van der Waals surface area contributed by atoms with E-state index in [0.29, 0.717) is 6.61 Å². The fraction of sp³-hybridized carbons (Fsp3) is 0.556. The number of aliphatic hydroxyl groups excluding tert-OH is 2. The molecule has 8 nitrogen and oxygen atoms in total. The summed E-state index contributed by atoms with van der Waals surface area (Å²) in [4.78, 5) is 2.84. The predicted molar refractivity (Wildman–Crippen MR) is 95.1 cm³/mol. The second-order valence-electron chi connectivity index (χ2n) is 5.97. The molecule has 0 aliphatic carbocycles. The number of hydrogen-bond acceptors (Lipinski definition) is 6. The minimum atomic E-state index is -1.15. The first-order valence-electron chi connectivity index (χ1n) is 8.58. The lowest BCUT2D eigenvalue weighted by atomic mass is 9.97. The molecule has 1 aliphatic rings. The van der Waals surface area contributed by atoms with E-state index in [0.717, 1.165) is 18.4 Å². The monoisotopic (exact) mass is 363 g/mol. The molecule has 0 radical (unpaired) electrons. The van der Waals surface area contributed by atoms with Crippen molar-refractivity contribution in [2.45, 2.75) is 50.1 Å². The van der Waals surface area contributed by atoms with E-state index in [4.69, 9.17) is 19.7 Å². The highest BCUT2D eigenvalue weighted by Crippen LogP contribution is 2.28. The van der Waals surface area contributed by atoms with Crippen LogP contribution in [-0.2, 0) is 20.8 Å². The zero-order chi connectivity index (χ0) is 18.8. The van der Waals surface area contributed by atoms with Gasteiger partial charge in [0.1, 0.15) is 18.2 Å². The molecule has 0 unspecified atom stereocenters. The summed E-state index contributed by atoms with van der Waals surface area (Å²) in [5.74, 6) is 0. The average molecular weight is 363 g/mol. The number of ether oxygens (including phenoxy) is 3. The molecule has 1 fully saturated rings. The number of unbranched alkanes of at least 4 members (excludes halogenated alkanes) is 1. The van der Waals surface area contributed by atoms with Crippen molar-refractivity contribution in [1.82, 2.24) is 0 Å². The van der Waals surface area contributed by atoms with E-state index in [-0.39, 0.29) is 6.61 Å². The molecule has 0 bridgehead atoms. The molecule has 2 N–H and O–H groups in total. The van der Waals surface area contributed by atoms with Gasteiger partial charge in [0.2, 0.25) is 0 Å². The first-order chi connectivity index (χ1) is 12.7. The number of benzene rings is 1. The fourth-order valence-electron chi connectivity index (χ4n) is 2.76. The molecular formula is C18H25N3O5. The molecule has 0 aromatic heterocycles. The summed E-state index contributed by atoms with van der Waals surface area (Å²) < 4.78 is 17.1. The Morgan fingerprint density at radius 1 is 1.31 bits per heavy atom. The number of rotatable bonds is 10. The maximum Gasteiger partial charge on any atom is 0.169 e. The maximum absolute atomic E-state index is 10.5. The molecule has 1 saturated heterocycles. The van der Waals surface area contributed by atoms with E-state index < -0.39 is 37.3 Å². The van der Waals surface area contributed by atoms with Crippen LogP contribution in [0.1, 0.15) is 18.4 Å². The number of hydrogen-bond donors (Lipinski definition) is 2. The van der Waals surface area contributed by atoms with Crippen LogP contribution >= 0.6 is 0 Å². The van der Waals surface area contributed by atoms with Crippen LogP contribution in [0.5, 0.6) is 0 Å². The Hall–Kier alpha value is -1.93. The molecular weight excluding hydrogens is 338 g/mol. The van der Waals surface area contributed by atoms with Crippen molar-refractivity contribution in [2.24, 2.45) is 5.11 Å². The summed E-state index contributed by atoms with van der Waals surface area (Å²) in [6.07, 6.45) is -0.508. The third kappa shape index (κ3) is 5.54. The zero-order valence-corrected chi connectivity index (χ0v) is 14.6. The van der Waals surface area contributed by atoms with E-state index in [1.807, 2.05) is 30.3 Å². The highest BCUT2D eigenvalue weighted by Gasteiger charge is 2.46. The molecule has 1 heterocycles. The molecule has 0 spiro atoms. The van der Waals surface area contributed by atoms with Gasteiger partial charge in [-0.25, -0.2) is 0 Å². The SMILES string of the molecule is C=CCCCO[C@@H]1O[C@H](CO)[C@@H](O)[C@H](OCc2ccccc2)[C@H]1N=[N+]=[N-]. The van der Waals surface area contributed by atoms with E-state index in [9.17, 15) is 10.2 Å². The standard InChI is InChI=1S/C18H25N3O5/c1-2-3-7-10-24-18-15(20-21-19)17(16(23)14(11-22)26-18)25-12-13-8-5-4-6-9-13/h2,4-6,8-9,14-18,22-23H,1,3,7,10-12H2/t14-,15-,16-,17-,18-/m1/s1. The summed E-state index contributed by atoms with van der Waals surface area (Å²) in [6, 6.07) is 8.57. The predicted octanol–water partition coefficient (Wildman–Crippen LogP) is 2.31. The summed E-state index contributed by atoms with van der Waals surface area (Å²) in [7, 11) is 0. The van der Waals surface area contributed by atoms with Crippen molar-refractivity contribution in [3.63, 3.8) is 0 Å².